The summed E-state index contributed by atoms with van der Waals surface area (Å²) in [6, 6.07) is 3.77. The topological polar surface area (TPSA) is 54.3 Å². The largest absolute Gasteiger partial charge is 0.393 e. The summed E-state index contributed by atoms with van der Waals surface area (Å²) in [5.74, 6) is 0.417. The van der Waals surface area contributed by atoms with Gasteiger partial charge < -0.3 is 15.0 Å². The van der Waals surface area contributed by atoms with Crippen LogP contribution in [0.15, 0.2) is 18.3 Å². The van der Waals surface area contributed by atoms with E-state index in [-0.39, 0.29) is 12.0 Å². The highest BCUT2D eigenvalue weighted by atomic mass is 16.3. The fraction of sp³-hybridized carbons (Fsp3) is 0.667. The van der Waals surface area contributed by atoms with E-state index in [0.717, 1.165) is 44.3 Å². The molecule has 0 aromatic carbocycles. The van der Waals surface area contributed by atoms with Gasteiger partial charge >= 0.3 is 0 Å². The van der Waals surface area contributed by atoms with E-state index in [1.54, 1.807) is 0 Å². The Morgan fingerprint density at radius 1 is 1.53 bits per heavy atom. The Bertz CT molecular complexity index is 414. The fourth-order valence-corrected chi connectivity index (χ4v) is 2.83. The highest BCUT2D eigenvalue weighted by molar-refractivity contribution is 5.92. The van der Waals surface area contributed by atoms with E-state index in [9.17, 15) is 9.90 Å². The van der Waals surface area contributed by atoms with Gasteiger partial charge in [0.2, 0.25) is 0 Å². The first-order valence-corrected chi connectivity index (χ1v) is 7.32. The number of aromatic nitrogens is 1. The predicted molar refractivity (Wildman–Crippen MR) is 75.0 cm³/mol. The molecule has 106 valence electrons. The molecule has 1 aromatic rings. The Morgan fingerprint density at radius 2 is 2.37 bits per heavy atom. The maximum absolute atomic E-state index is 12.1. The molecule has 0 radical (unpaired) electrons. The van der Waals surface area contributed by atoms with Crippen LogP contribution in [0, 0.1) is 5.92 Å². The van der Waals surface area contributed by atoms with E-state index >= 15 is 0 Å². The molecule has 1 aliphatic rings. The molecule has 1 aliphatic carbocycles. The van der Waals surface area contributed by atoms with Crippen molar-refractivity contribution in [1.82, 2.24) is 9.88 Å². The smallest absolute Gasteiger partial charge is 0.267 e. The predicted octanol–water partition coefficient (Wildman–Crippen LogP) is 2.18. The van der Waals surface area contributed by atoms with E-state index in [1.807, 2.05) is 22.9 Å². The van der Waals surface area contributed by atoms with Crippen LogP contribution >= 0.6 is 0 Å². The van der Waals surface area contributed by atoms with E-state index in [0.29, 0.717) is 12.5 Å². The molecule has 0 spiro atoms. The normalized spacial score (nSPS) is 23.3. The summed E-state index contributed by atoms with van der Waals surface area (Å²) in [6.07, 6.45) is 6.67. The summed E-state index contributed by atoms with van der Waals surface area (Å²) < 4.78 is 1.99. The second-order valence-corrected chi connectivity index (χ2v) is 5.48. The number of hydrogen-bond acceptors (Lipinski definition) is 2. The van der Waals surface area contributed by atoms with Crippen molar-refractivity contribution in [2.75, 3.05) is 6.54 Å². The number of aryl methyl sites for hydroxylation is 1. The summed E-state index contributed by atoms with van der Waals surface area (Å²) in [6.45, 7) is 3.65. The van der Waals surface area contributed by atoms with Gasteiger partial charge in [0.05, 0.1) is 6.10 Å². The average molecular weight is 264 g/mol. The van der Waals surface area contributed by atoms with E-state index < -0.39 is 0 Å². The van der Waals surface area contributed by atoms with Crippen LogP contribution < -0.4 is 5.32 Å². The third-order valence-electron chi connectivity index (χ3n) is 3.83. The molecular weight excluding hydrogens is 240 g/mol. The molecule has 2 unspecified atom stereocenters. The quantitative estimate of drug-likeness (QED) is 0.856. The molecule has 19 heavy (non-hydrogen) atoms. The minimum Gasteiger partial charge on any atom is -0.393 e. The van der Waals surface area contributed by atoms with Crippen LogP contribution in [-0.2, 0) is 6.54 Å². The van der Waals surface area contributed by atoms with Crippen LogP contribution in [0.25, 0.3) is 0 Å². The number of aliphatic hydroxyl groups is 1. The fourth-order valence-electron chi connectivity index (χ4n) is 2.83. The highest BCUT2D eigenvalue weighted by Crippen LogP contribution is 2.23. The molecule has 0 aliphatic heterocycles. The SMILES string of the molecule is CCCn1cccc1C(=O)NCC1CCCC(O)C1. The molecule has 2 atom stereocenters. The number of amides is 1. The molecule has 1 saturated carbocycles. The van der Waals surface area contributed by atoms with E-state index in [1.165, 1.54) is 0 Å². The Morgan fingerprint density at radius 3 is 3.11 bits per heavy atom. The summed E-state index contributed by atoms with van der Waals surface area (Å²) in [7, 11) is 0. The maximum Gasteiger partial charge on any atom is 0.267 e. The third-order valence-corrected chi connectivity index (χ3v) is 3.83. The van der Waals surface area contributed by atoms with Gasteiger partial charge in [-0.2, -0.15) is 0 Å². The number of nitrogens with one attached hydrogen (secondary N) is 1. The Hall–Kier alpha value is -1.29. The summed E-state index contributed by atoms with van der Waals surface area (Å²) in [5, 5.41) is 12.6. The van der Waals surface area contributed by atoms with E-state index in [4.69, 9.17) is 0 Å². The van der Waals surface area contributed by atoms with Gasteiger partial charge in [0.15, 0.2) is 0 Å². The average Bonchev–Trinajstić information content (AvgIpc) is 2.85. The van der Waals surface area contributed by atoms with Gasteiger partial charge in [-0.05, 0) is 43.7 Å². The molecule has 4 nitrogen and oxygen atoms in total. The van der Waals surface area contributed by atoms with Crippen LogP contribution in [0.2, 0.25) is 0 Å². The first-order valence-electron chi connectivity index (χ1n) is 7.32. The summed E-state index contributed by atoms with van der Waals surface area (Å²) in [4.78, 5) is 12.1. The van der Waals surface area contributed by atoms with Gasteiger partial charge in [0.25, 0.3) is 5.91 Å². The van der Waals surface area contributed by atoms with Gasteiger partial charge in [-0.15, -0.1) is 0 Å². The summed E-state index contributed by atoms with van der Waals surface area (Å²) in [5.41, 5.74) is 0.734. The number of hydrogen-bond donors (Lipinski definition) is 2. The van der Waals surface area contributed by atoms with Crippen LogP contribution in [0.1, 0.15) is 49.5 Å². The number of carbonyl (C=O) groups excluding carboxylic acids is 1. The molecular formula is C15H24N2O2. The van der Waals surface area contributed by atoms with Gasteiger partial charge in [0.1, 0.15) is 5.69 Å². The van der Waals surface area contributed by atoms with Crippen LogP contribution in [0.4, 0.5) is 0 Å². The lowest BCUT2D eigenvalue weighted by Gasteiger charge is -2.25. The molecule has 2 N–H and O–H groups in total. The van der Waals surface area contributed by atoms with Crippen molar-refractivity contribution < 1.29 is 9.90 Å². The van der Waals surface area contributed by atoms with Gasteiger partial charge in [-0.1, -0.05) is 13.3 Å². The van der Waals surface area contributed by atoms with Gasteiger partial charge in [-0.3, -0.25) is 4.79 Å². The minimum atomic E-state index is -0.181. The molecule has 1 fully saturated rings. The second-order valence-electron chi connectivity index (χ2n) is 5.48. The maximum atomic E-state index is 12.1. The molecule has 1 amide bonds. The standard InChI is InChI=1S/C15H24N2O2/c1-2-8-17-9-4-7-14(17)15(19)16-11-12-5-3-6-13(18)10-12/h4,7,9,12-13,18H,2-3,5-6,8,10-11H2,1H3,(H,16,19). The number of aliphatic hydroxyl groups excluding tert-OH is 1. The molecule has 0 saturated heterocycles. The Labute approximate surface area is 114 Å². The number of carbonyl (C=O) groups is 1. The van der Waals surface area contributed by atoms with Gasteiger partial charge in [-0.25, -0.2) is 0 Å². The van der Waals surface area contributed by atoms with Crippen molar-refractivity contribution in [3.63, 3.8) is 0 Å². The molecule has 1 heterocycles. The van der Waals surface area contributed by atoms with Crippen molar-refractivity contribution in [1.29, 1.82) is 0 Å². The monoisotopic (exact) mass is 264 g/mol. The lowest BCUT2D eigenvalue weighted by Crippen LogP contribution is -2.33. The Balaban J connectivity index is 1.85. The molecule has 4 heteroatoms. The Kier molecular flexibility index (Phi) is 5.02. The zero-order chi connectivity index (χ0) is 13.7. The van der Waals surface area contributed by atoms with Crippen LogP contribution in [0.3, 0.4) is 0 Å². The van der Waals surface area contributed by atoms with Crippen molar-refractivity contribution in [2.24, 2.45) is 5.92 Å². The van der Waals surface area contributed by atoms with Gasteiger partial charge in [0, 0.05) is 19.3 Å². The van der Waals surface area contributed by atoms with Crippen molar-refractivity contribution in [3.8, 4) is 0 Å². The molecule has 2 rings (SSSR count). The van der Waals surface area contributed by atoms with Crippen LogP contribution in [-0.4, -0.2) is 28.2 Å². The van der Waals surface area contributed by atoms with E-state index in [2.05, 4.69) is 12.2 Å². The van der Waals surface area contributed by atoms with Crippen molar-refractivity contribution >= 4 is 5.91 Å². The lowest BCUT2D eigenvalue weighted by atomic mass is 9.87. The number of nitrogens with zero attached hydrogens (tertiary/aromatic N) is 1. The molecule has 0 bridgehead atoms. The third kappa shape index (κ3) is 3.83. The molecule has 1 aromatic heterocycles. The lowest BCUT2D eigenvalue weighted by molar-refractivity contribution is 0.0867. The van der Waals surface area contributed by atoms with Crippen molar-refractivity contribution in [2.45, 2.75) is 51.7 Å². The second kappa shape index (κ2) is 6.75. The summed E-state index contributed by atoms with van der Waals surface area (Å²) >= 11 is 0. The van der Waals surface area contributed by atoms with Crippen molar-refractivity contribution in [3.05, 3.63) is 24.0 Å². The van der Waals surface area contributed by atoms with Crippen LogP contribution in [0.5, 0.6) is 0 Å². The zero-order valence-electron chi connectivity index (χ0n) is 11.6. The minimum absolute atomic E-state index is 0.00138. The first-order chi connectivity index (χ1) is 9.20. The zero-order valence-corrected chi connectivity index (χ0v) is 11.6. The first kappa shape index (κ1) is 14.1. The highest BCUT2D eigenvalue weighted by Gasteiger charge is 2.21. The number of rotatable bonds is 5.